The smallest absolute Gasteiger partial charge is 0.147 e. The van der Waals surface area contributed by atoms with E-state index in [-0.39, 0.29) is 5.41 Å². The average molecular weight is 379 g/mol. The number of carbonyl (C=O) groups is 1. The first kappa shape index (κ1) is 19.5. The third-order valence-corrected chi connectivity index (χ3v) is 6.85. The minimum atomic E-state index is -0.188. The van der Waals surface area contributed by atoms with E-state index in [0.29, 0.717) is 18.1 Å². The topological polar surface area (TPSA) is 26.3 Å². The van der Waals surface area contributed by atoms with E-state index >= 15 is 0 Å². The Morgan fingerprint density at radius 1 is 1.11 bits per heavy atom. The zero-order valence-corrected chi connectivity index (χ0v) is 17.8. The van der Waals surface area contributed by atoms with Crippen LogP contribution in [-0.2, 0) is 11.2 Å². The number of allylic oxidation sites excluding steroid dienone is 4. The molecule has 150 valence electrons. The summed E-state index contributed by atoms with van der Waals surface area (Å²) >= 11 is 0. The highest BCUT2D eigenvalue weighted by atomic mass is 16.5. The highest BCUT2D eigenvalue weighted by molar-refractivity contribution is 5.97. The van der Waals surface area contributed by atoms with Crippen molar-refractivity contribution in [3.63, 3.8) is 0 Å². The second kappa shape index (κ2) is 7.89. The second-order valence-corrected chi connectivity index (χ2v) is 9.26. The van der Waals surface area contributed by atoms with Gasteiger partial charge in [0.25, 0.3) is 0 Å². The standard InChI is InChI=1S/C26H34O2/c1-4-5-6-15-28-20-8-10-21-19(16-20)7-9-23-22(21)13-14-26(17-18(2)3)24(23)11-12-25(26)27/h8,10-11,16,18H,4-7,9,12-15,17H2,1-3H3/t26-/m1/s1. The number of unbranched alkanes of at least 4 members (excludes halogenated alkanes) is 2. The molecule has 28 heavy (non-hydrogen) atoms. The number of carbonyl (C=O) groups excluding carboxylic acids is 1. The summed E-state index contributed by atoms with van der Waals surface area (Å²) in [4.78, 5) is 12.9. The number of aryl methyl sites for hydroxylation is 1. The molecule has 0 spiro atoms. The minimum absolute atomic E-state index is 0.188. The van der Waals surface area contributed by atoms with Crippen LogP contribution in [0.5, 0.6) is 5.75 Å². The van der Waals surface area contributed by atoms with Gasteiger partial charge in [0.15, 0.2) is 0 Å². The van der Waals surface area contributed by atoms with Crippen molar-refractivity contribution in [3.05, 3.63) is 46.5 Å². The molecule has 0 saturated carbocycles. The van der Waals surface area contributed by atoms with Crippen molar-refractivity contribution >= 4 is 11.4 Å². The fraction of sp³-hybridized carbons (Fsp3) is 0.577. The Bertz CT molecular complexity index is 827. The summed E-state index contributed by atoms with van der Waals surface area (Å²) in [7, 11) is 0. The largest absolute Gasteiger partial charge is 0.494 e. The SMILES string of the molecule is CCCCCOc1ccc2c(c1)CCC1=C2CC[C@]2(CC(C)C)C(=O)CC=C12. The van der Waals surface area contributed by atoms with Gasteiger partial charge in [-0.05, 0) is 84.4 Å². The lowest BCUT2D eigenvalue weighted by atomic mass is 9.62. The van der Waals surface area contributed by atoms with E-state index in [9.17, 15) is 4.79 Å². The summed E-state index contributed by atoms with van der Waals surface area (Å²) < 4.78 is 5.98. The van der Waals surface area contributed by atoms with Crippen molar-refractivity contribution in [2.24, 2.45) is 11.3 Å². The summed E-state index contributed by atoms with van der Waals surface area (Å²) in [6, 6.07) is 6.67. The lowest BCUT2D eigenvalue weighted by molar-refractivity contribution is -0.126. The third-order valence-electron chi connectivity index (χ3n) is 6.85. The number of benzene rings is 1. The lowest BCUT2D eigenvalue weighted by Crippen LogP contribution is -2.35. The van der Waals surface area contributed by atoms with Crippen LogP contribution >= 0.6 is 0 Å². The van der Waals surface area contributed by atoms with Crippen LogP contribution < -0.4 is 4.74 Å². The van der Waals surface area contributed by atoms with Crippen molar-refractivity contribution < 1.29 is 9.53 Å². The predicted molar refractivity (Wildman–Crippen MR) is 116 cm³/mol. The molecule has 0 aliphatic heterocycles. The summed E-state index contributed by atoms with van der Waals surface area (Å²) in [6.45, 7) is 7.53. The maximum atomic E-state index is 12.9. The predicted octanol–water partition coefficient (Wildman–Crippen LogP) is 6.68. The maximum Gasteiger partial charge on any atom is 0.147 e. The van der Waals surface area contributed by atoms with E-state index in [1.807, 2.05) is 0 Å². The number of hydrogen-bond acceptors (Lipinski definition) is 2. The van der Waals surface area contributed by atoms with E-state index in [0.717, 1.165) is 50.9 Å². The number of hydrogen-bond donors (Lipinski definition) is 0. The van der Waals surface area contributed by atoms with E-state index in [1.54, 1.807) is 0 Å². The molecule has 0 amide bonds. The van der Waals surface area contributed by atoms with Crippen LogP contribution in [0.2, 0.25) is 0 Å². The highest BCUT2D eigenvalue weighted by Gasteiger charge is 2.48. The van der Waals surface area contributed by atoms with Gasteiger partial charge in [0.1, 0.15) is 11.5 Å². The van der Waals surface area contributed by atoms with Gasteiger partial charge in [-0.25, -0.2) is 0 Å². The normalized spacial score (nSPS) is 23.4. The second-order valence-electron chi connectivity index (χ2n) is 9.26. The first-order chi connectivity index (χ1) is 13.5. The van der Waals surface area contributed by atoms with Crippen molar-refractivity contribution in [2.75, 3.05) is 6.61 Å². The average Bonchev–Trinajstić information content (AvgIpc) is 3.00. The molecule has 4 rings (SSSR count). The van der Waals surface area contributed by atoms with Gasteiger partial charge in [-0.3, -0.25) is 4.79 Å². The molecule has 0 aromatic heterocycles. The first-order valence-electron chi connectivity index (χ1n) is 11.3. The molecular weight excluding hydrogens is 344 g/mol. The molecule has 0 saturated heterocycles. The van der Waals surface area contributed by atoms with Crippen LogP contribution in [0.1, 0.15) is 83.3 Å². The Kier molecular flexibility index (Phi) is 5.49. The van der Waals surface area contributed by atoms with Crippen molar-refractivity contribution in [3.8, 4) is 5.75 Å². The van der Waals surface area contributed by atoms with Gasteiger partial charge in [0, 0.05) is 6.42 Å². The van der Waals surface area contributed by atoms with Gasteiger partial charge in [-0.2, -0.15) is 0 Å². The summed E-state index contributed by atoms with van der Waals surface area (Å²) in [5, 5.41) is 0. The number of ether oxygens (including phenoxy) is 1. The molecule has 0 N–H and O–H groups in total. The Morgan fingerprint density at radius 2 is 1.96 bits per heavy atom. The molecule has 0 heterocycles. The molecular formula is C26H34O2. The fourth-order valence-corrected chi connectivity index (χ4v) is 5.64. The van der Waals surface area contributed by atoms with Crippen LogP contribution in [0, 0.1) is 11.3 Å². The maximum absolute atomic E-state index is 12.9. The number of Topliss-reactive ketones (excluding diaryl/α,β-unsaturated/α-hetero) is 1. The van der Waals surface area contributed by atoms with Gasteiger partial charge in [-0.15, -0.1) is 0 Å². The molecule has 1 atom stereocenters. The molecule has 0 unspecified atom stereocenters. The van der Waals surface area contributed by atoms with E-state index < -0.39 is 0 Å². The van der Waals surface area contributed by atoms with Gasteiger partial charge >= 0.3 is 0 Å². The molecule has 3 aliphatic rings. The molecule has 0 fully saturated rings. The summed E-state index contributed by atoms with van der Waals surface area (Å²) in [5.74, 6) is 2.03. The molecule has 2 nitrogen and oxygen atoms in total. The van der Waals surface area contributed by atoms with E-state index in [1.165, 1.54) is 40.7 Å². The Labute approximate surface area is 170 Å². The van der Waals surface area contributed by atoms with Crippen LogP contribution in [0.25, 0.3) is 5.57 Å². The van der Waals surface area contributed by atoms with Gasteiger partial charge in [0.05, 0.1) is 12.0 Å². The van der Waals surface area contributed by atoms with Crippen molar-refractivity contribution in [1.29, 1.82) is 0 Å². The Morgan fingerprint density at radius 3 is 2.75 bits per heavy atom. The molecule has 0 radical (unpaired) electrons. The third kappa shape index (κ3) is 3.36. The molecule has 1 aromatic carbocycles. The molecule has 0 bridgehead atoms. The van der Waals surface area contributed by atoms with Crippen LogP contribution in [0.3, 0.4) is 0 Å². The van der Waals surface area contributed by atoms with E-state index in [4.69, 9.17) is 4.74 Å². The van der Waals surface area contributed by atoms with Crippen molar-refractivity contribution in [2.45, 2.75) is 78.6 Å². The molecule has 2 heteroatoms. The van der Waals surface area contributed by atoms with Gasteiger partial charge < -0.3 is 4.74 Å². The minimum Gasteiger partial charge on any atom is -0.494 e. The van der Waals surface area contributed by atoms with Crippen molar-refractivity contribution in [1.82, 2.24) is 0 Å². The summed E-state index contributed by atoms with van der Waals surface area (Å²) in [6.07, 6.45) is 11.6. The van der Waals surface area contributed by atoms with Crippen LogP contribution in [-0.4, -0.2) is 12.4 Å². The molecule has 3 aliphatic carbocycles. The van der Waals surface area contributed by atoms with Gasteiger partial charge in [0.2, 0.25) is 0 Å². The Hall–Kier alpha value is -1.83. The quantitative estimate of drug-likeness (QED) is 0.495. The monoisotopic (exact) mass is 378 g/mol. The summed E-state index contributed by atoms with van der Waals surface area (Å²) in [5.41, 5.74) is 7.01. The lowest BCUT2D eigenvalue weighted by Gasteiger charge is -2.41. The van der Waals surface area contributed by atoms with Crippen LogP contribution in [0.4, 0.5) is 0 Å². The highest BCUT2D eigenvalue weighted by Crippen LogP contribution is 2.56. The zero-order valence-electron chi connectivity index (χ0n) is 17.8. The number of fused-ring (bicyclic) bond motifs is 4. The zero-order chi connectivity index (χ0) is 19.7. The van der Waals surface area contributed by atoms with Gasteiger partial charge in [-0.1, -0.05) is 45.8 Å². The number of ketones is 1. The fourth-order valence-electron chi connectivity index (χ4n) is 5.64. The first-order valence-corrected chi connectivity index (χ1v) is 11.3. The van der Waals surface area contributed by atoms with Crippen LogP contribution in [0.15, 0.2) is 35.4 Å². The number of rotatable bonds is 7. The Balaban J connectivity index is 1.61. The molecule has 1 aromatic rings. The van der Waals surface area contributed by atoms with E-state index in [2.05, 4.69) is 45.0 Å².